The summed E-state index contributed by atoms with van der Waals surface area (Å²) in [6.45, 7) is 7.23. The minimum absolute atomic E-state index is 0.315. The standard InChI is InChI=1S/C18H23N3O4S/c1-5-18(3,4)20-15(22)10-24-17(23)13-8-6-7-9-14(13)26-11-16-19-12(2)21-25-16/h6-9H,5,10-11H2,1-4H3,(H,20,22). The zero-order valence-electron chi connectivity index (χ0n) is 15.4. The Morgan fingerprint density at radius 3 is 2.69 bits per heavy atom. The Morgan fingerprint density at radius 2 is 2.04 bits per heavy atom. The molecule has 1 amide bonds. The molecule has 2 rings (SSSR count). The van der Waals surface area contributed by atoms with Gasteiger partial charge in [0.25, 0.3) is 5.91 Å². The van der Waals surface area contributed by atoms with Crippen LogP contribution in [0.25, 0.3) is 0 Å². The van der Waals surface area contributed by atoms with E-state index in [0.29, 0.717) is 23.0 Å². The monoisotopic (exact) mass is 377 g/mol. The minimum atomic E-state index is -0.542. The molecule has 1 N–H and O–H groups in total. The number of benzene rings is 1. The number of hydrogen-bond acceptors (Lipinski definition) is 7. The van der Waals surface area contributed by atoms with Crippen LogP contribution in [-0.2, 0) is 15.3 Å². The summed E-state index contributed by atoms with van der Waals surface area (Å²) in [5.74, 6) is 0.623. The van der Waals surface area contributed by atoms with Crippen molar-refractivity contribution in [1.29, 1.82) is 0 Å². The lowest BCUT2D eigenvalue weighted by atomic mass is 10.0. The van der Waals surface area contributed by atoms with Gasteiger partial charge in [0.15, 0.2) is 12.4 Å². The average molecular weight is 377 g/mol. The van der Waals surface area contributed by atoms with E-state index >= 15 is 0 Å². The summed E-state index contributed by atoms with van der Waals surface area (Å²) >= 11 is 1.39. The van der Waals surface area contributed by atoms with Crippen LogP contribution in [-0.4, -0.2) is 34.2 Å². The molecule has 7 nitrogen and oxygen atoms in total. The molecule has 0 aliphatic rings. The van der Waals surface area contributed by atoms with Crippen LogP contribution in [0, 0.1) is 6.92 Å². The first-order valence-electron chi connectivity index (χ1n) is 8.30. The number of aromatic nitrogens is 2. The van der Waals surface area contributed by atoms with Gasteiger partial charge in [0.2, 0.25) is 5.89 Å². The molecule has 1 aromatic carbocycles. The number of hydrogen-bond donors (Lipinski definition) is 1. The van der Waals surface area contributed by atoms with Crippen LogP contribution in [0.5, 0.6) is 0 Å². The number of nitrogens with one attached hydrogen (secondary N) is 1. The number of nitrogens with zero attached hydrogens (tertiary/aromatic N) is 2. The van der Waals surface area contributed by atoms with Crippen LogP contribution >= 0.6 is 11.8 Å². The molecule has 0 aliphatic heterocycles. The van der Waals surface area contributed by atoms with Crippen molar-refractivity contribution >= 4 is 23.6 Å². The van der Waals surface area contributed by atoms with Crippen LogP contribution in [0.15, 0.2) is 33.7 Å². The second-order valence-electron chi connectivity index (χ2n) is 6.38. The highest BCUT2D eigenvalue weighted by molar-refractivity contribution is 7.98. The number of ether oxygens (including phenoxy) is 1. The molecule has 1 heterocycles. The fourth-order valence-electron chi connectivity index (χ4n) is 2.01. The number of thioether (sulfide) groups is 1. The fourth-order valence-corrected chi connectivity index (χ4v) is 2.89. The first-order chi connectivity index (χ1) is 12.3. The molecular weight excluding hydrogens is 354 g/mol. The summed E-state index contributed by atoms with van der Waals surface area (Å²) in [7, 11) is 0. The van der Waals surface area contributed by atoms with Gasteiger partial charge in [-0.05, 0) is 39.3 Å². The van der Waals surface area contributed by atoms with Gasteiger partial charge < -0.3 is 14.6 Å². The third kappa shape index (κ3) is 5.87. The largest absolute Gasteiger partial charge is 0.452 e. The molecule has 0 radical (unpaired) electrons. The quantitative estimate of drug-likeness (QED) is 0.558. The van der Waals surface area contributed by atoms with Gasteiger partial charge in [-0.25, -0.2) is 4.79 Å². The summed E-state index contributed by atoms with van der Waals surface area (Å²) in [5.41, 5.74) is 0.0655. The number of rotatable bonds is 8. The van der Waals surface area contributed by atoms with Gasteiger partial charge in [-0.3, -0.25) is 4.79 Å². The van der Waals surface area contributed by atoms with Gasteiger partial charge in [0.1, 0.15) is 0 Å². The second kappa shape index (κ2) is 8.84. The molecule has 140 valence electrons. The SMILES string of the molecule is CCC(C)(C)NC(=O)COC(=O)c1ccccc1SCc1nc(C)no1. The maximum Gasteiger partial charge on any atom is 0.339 e. The van der Waals surface area contributed by atoms with Crippen molar-refractivity contribution < 1.29 is 18.8 Å². The van der Waals surface area contributed by atoms with E-state index in [1.807, 2.05) is 32.9 Å². The zero-order valence-corrected chi connectivity index (χ0v) is 16.2. The van der Waals surface area contributed by atoms with Crippen molar-refractivity contribution in [2.24, 2.45) is 0 Å². The number of aryl methyl sites for hydroxylation is 1. The van der Waals surface area contributed by atoms with Crippen LogP contribution in [0.4, 0.5) is 0 Å². The normalized spacial score (nSPS) is 11.2. The van der Waals surface area contributed by atoms with E-state index in [1.165, 1.54) is 11.8 Å². The second-order valence-corrected chi connectivity index (χ2v) is 7.40. The summed E-state index contributed by atoms with van der Waals surface area (Å²) in [6.07, 6.45) is 0.779. The molecule has 0 spiro atoms. The highest BCUT2D eigenvalue weighted by Gasteiger charge is 2.20. The molecule has 8 heteroatoms. The predicted molar refractivity (Wildman–Crippen MR) is 97.8 cm³/mol. The summed E-state index contributed by atoms with van der Waals surface area (Å²) in [5, 5.41) is 6.56. The molecule has 26 heavy (non-hydrogen) atoms. The number of amides is 1. The summed E-state index contributed by atoms with van der Waals surface area (Å²) in [4.78, 5) is 29.1. The van der Waals surface area contributed by atoms with Crippen molar-refractivity contribution in [3.63, 3.8) is 0 Å². The molecule has 0 saturated carbocycles. The van der Waals surface area contributed by atoms with Crippen molar-refractivity contribution in [3.8, 4) is 0 Å². The molecule has 0 aliphatic carbocycles. The van der Waals surface area contributed by atoms with Crippen LogP contribution in [0.1, 0.15) is 49.3 Å². The lowest BCUT2D eigenvalue weighted by Gasteiger charge is -2.24. The van der Waals surface area contributed by atoms with Gasteiger partial charge in [-0.15, -0.1) is 11.8 Å². The van der Waals surface area contributed by atoms with E-state index in [9.17, 15) is 9.59 Å². The van der Waals surface area contributed by atoms with Crippen LogP contribution < -0.4 is 5.32 Å². The Bertz CT molecular complexity index is 773. The Hall–Kier alpha value is -2.35. The minimum Gasteiger partial charge on any atom is -0.452 e. The Balaban J connectivity index is 1.95. The van der Waals surface area contributed by atoms with E-state index in [1.54, 1.807) is 19.1 Å². The molecule has 2 aromatic rings. The van der Waals surface area contributed by atoms with Crippen molar-refractivity contribution in [2.75, 3.05) is 6.61 Å². The van der Waals surface area contributed by atoms with E-state index in [0.717, 1.165) is 11.3 Å². The molecule has 0 atom stereocenters. The van der Waals surface area contributed by atoms with Crippen LogP contribution in [0.2, 0.25) is 0 Å². The summed E-state index contributed by atoms with van der Waals surface area (Å²) < 4.78 is 10.2. The molecule has 1 aromatic heterocycles. The summed E-state index contributed by atoms with van der Waals surface area (Å²) in [6, 6.07) is 7.05. The molecule has 0 bridgehead atoms. The first-order valence-corrected chi connectivity index (χ1v) is 9.28. The highest BCUT2D eigenvalue weighted by Crippen LogP contribution is 2.26. The fraction of sp³-hybridized carbons (Fsp3) is 0.444. The third-order valence-electron chi connectivity index (χ3n) is 3.72. The molecule has 0 unspecified atom stereocenters. The van der Waals surface area contributed by atoms with Gasteiger partial charge >= 0.3 is 5.97 Å². The Kier molecular flexibility index (Phi) is 6.79. The van der Waals surface area contributed by atoms with E-state index in [-0.39, 0.29) is 18.1 Å². The third-order valence-corrected chi connectivity index (χ3v) is 4.78. The highest BCUT2D eigenvalue weighted by atomic mass is 32.2. The smallest absolute Gasteiger partial charge is 0.339 e. The average Bonchev–Trinajstić information content (AvgIpc) is 3.03. The number of carbonyl (C=O) groups excluding carboxylic acids is 2. The van der Waals surface area contributed by atoms with Crippen molar-refractivity contribution in [2.45, 2.75) is 50.3 Å². The lowest BCUT2D eigenvalue weighted by Crippen LogP contribution is -2.44. The number of esters is 1. The van der Waals surface area contributed by atoms with Crippen molar-refractivity contribution in [3.05, 3.63) is 41.5 Å². The topological polar surface area (TPSA) is 94.3 Å². The maximum atomic E-state index is 12.4. The van der Waals surface area contributed by atoms with E-state index in [4.69, 9.17) is 9.26 Å². The van der Waals surface area contributed by atoms with Gasteiger partial charge in [0, 0.05) is 10.4 Å². The Morgan fingerprint density at radius 1 is 1.31 bits per heavy atom. The van der Waals surface area contributed by atoms with Gasteiger partial charge in [0.05, 0.1) is 11.3 Å². The first kappa shape index (κ1) is 20.0. The Labute approximate surface area is 156 Å². The van der Waals surface area contributed by atoms with E-state index < -0.39 is 5.97 Å². The van der Waals surface area contributed by atoms with Crippen LogP contribution in [0.3, 0.4) is 0 Å². The van der Waals surface area contributed by atoms with Crippen molar-refractivity contribution in [1.82, 2.24) is 15.5 Å². The predicted octanol–water partition coefficient (Wildman–Crippen LogP) is 3.13. The van der Waals surface area contributed by atoms with E-state index in [2.05, 4.69) is 15.5 Å². The lowest BCUT2D eigenvalue weighted by molar-refractivity contribution is -0.125. The van der Waals surface area contributed by atoms with Gasteiger partial charge in [-0.1, -0.05) is 24.2 Å². The molecule has 0 fully saturated rings. The zero-order chi connectivity index (χ0) is 19.2. The molecule has 0 saturated heterocycles. The maximum absolute atomic E-state index is 12.4. The van der Waals surface area contributed by atoms with Gasteiger partial charge in [-0.2, -0.15) is 4.98 Å². The molecular formula is C18H23N3O4S. The number of carbonyl (C=O) groups is 2.